The molecule has 0 aliphatic rings. The van der Waals surface area contributed by atoms with E-state index < -0.39 is 8.07 Å². The molecule has 1 atom stereocenters. The molecule has 0 nitrogen and oxygen atoms in total. The number of rotatable bonds is 3. The van der Waals surface area contributed by atoms with Gasteiger partial charge in [-0.3, -0.25) is 0 Å². The largest absolute Gasteiger partial charge is 1.00 e. The van der Waals surface area contributed by atoms with Crippen molar-refractivity contribution in [1.82, 2.24) is 0 Å². The van der Waals surface area contributed by atoms with Crippen molar-refractivity contribution in [3.05, 3.63) is 37.3 Å². The summed E-state index contributed by atoms with van der Waals surface area (Å²) in [5.41, 5.74) is 0.759. The van der Waals surface area contributed by atoms with Gasteiger partial charge in [-0.05, 0) is 0 Å². The Hall–Kier alpha value is 0.0343. The molecule has 0 amide bonds. The molecule has 1 aromatic carbocycles. The van der Waals surface area contributed by atoms with Crippen LogP contribution in [0.4, 0.5) is 0 Å². The van der Waals surface area contributed by atoms with Gasteiger partial charge in [0.15, 0.2) is 0 Å². The Morgan fingerprint density at radius 2 is 1.71 bits per heavy atom. The summed E-state index contributed by atoms with van der Waals surface area (Å²) in [6, 6.07) is 10.9. The van der Waals surface area contributed by atoms with Gasteiger partial charge >= 0.3 is 18.9 Å². The van der Waals surface area contributed by atoms with Crippen molar-refractivity contribution in [2.75, 3.05) is 0 Å². The fraction of sp³-hybridized carbons (Fsp3) is 0.417. The molecule has 14 heavy (non-hydrogen) atoms. The van der Waals surface area contributed by atoms with Crippen LogP contribution >= 0.6 is 0 Å². The van der Waals surface area contributed by atoms with E-state index in [1.54, 1.807) is 5.19 Å². The maximum Gasteiger partial charge on any atom is 1.00 e. The number of benzene rings is 1. The zero-order valence-corrected chi connectivity index (χ0v) is 10.9. The third-order valence-electron chi connectivity index (χ3n) is 3.18. The van der Waals surface area contributed by atoms with E-state index in [2.05, 4.69) is 57.3 Å². The molecular weight excluding hydrogens is 179 g/mol. The molecule has 0 saturated heterocycles. The Kier molecular flexibility index (Phi) is 5.82. The van der Waals surface area contributed by atoms with Crippen molar-refractivity contribution in [3.63, 3.8) is 0 Å². The summed E-state index contributed by atoms with van der Waals surface area (Å²) in [5.74, 6) is 0. The molecule has 0 aromatic heterocycles. The Bertz CT molecular complexity index is 256. The van der Waals surface area contributed by atoms with Crippen molar-refractivity contribution in [3.8, 4) is 0 Å². The Morgan fingerprint density at radius 1 is 1.21 bits per heavy atom. The summed E-state index contributed by atoms with van der Waals surface area (Å²) < 4.78 is 0. The molecule has 0 heterocycles. The first kappa shape index (κ1) is 14.0. The minimum Gasteiger partial charge on any atom is -0.343 e. The van der Waals surface area contributed by atoms with Crippen LogP contribution in [0.5, 0.6) is 0 Å². The topological polar surface area (TPSA) is 0 Å². The third kappa shape index (κ3) is 3.02. The predicted molar refractivity (Wildman–Crippen MR) is 63.0 cm³/mol. The number of hydrogen-bond acceptors (Lipinski definition) is 0. The average molecular weight is 198 g/mol. The molecule has 0 saturated carbocycles. The van der Waals surface area contributed by atoms with Gasteiger partial charge in [0.2, 0.25) is 0 Å². The van der Waals surface area contributed by atoms with Gasteiger partial charge in [-0.2, -0.15) is 6.42 Å². The molecule has 1 aromatic rings. The molecule has 0 radical (unpaired) electrons. The van der Waals surface area contributed by atoms with E-state index in [0.717, 1.165) is 12.0 Å². The van der Waals surface area contributed by atoms with Gasteiger partial charge in [0.05, 0.1) is 8.07 Å². The Balaban J connectivity index is 0.00000169. The molecule has 0 N–H and O–H groups in total. The fourth-order valence-electron chi connectivity index (χ4n) is 1.51. The summed E-state index contributed by atoms with van der Waals surface area (Å²) in [6.45, 7) is 11.2. The molecular formula is C12H19LiSi. The maximum atomic E-state index is 4.01. The van der Waals surface area contributed by atoms with Crippen LogP contribution in [0, 0.1) is 6.92 Å². The second-order valence-electron chi connectivity index (χ2n) is 4.28. The van der Waals surface area contributed by atoms with Crippen LogP contribution in [0.15, 0.2) is 30.3 Å². The van der Waals surface area contributed by atoms with Crippen molar-refractivity contribution in [2.24, 2.45) is 0 Å². The summed E-state index contributed by atoms with van der Waals surface area (Å²) in [4.78, 5) is 0. The van der Waals surface area contributed by atoms with Crippen molar-refractivity contribution < 1.29 is 18.9 Å². The van der Waals surface area contributed by atoms with E-state index in [4.69, 9.17) is 0 Å². The van der Waals surface area contributed by atoms with Crippen molar-refractivity contribution >= 4 is 13.3 Å². The standard InChI is InChI=1S/C12H19Si.Li/c1-5-11(2)13(3,4)12-9-7-6-8-10-12;/h6-11H,1,5H2,2-4H3;/q-1;+1. The zero-order chi connectivity index (χ0) is 9.90. The van der Waals surface area contributed by atoms with Gasteiger partial charge in [-0.25, -0.2) is 0 Å². The molecule has 2 heteroatoms. The monoisotopic (exact) mass is 198 g/mol. The van der Waals surface area contributed by atoms with Crippen molar-refractivity contribution in [2.45, 2.75) is 32.0 Å². The van der Waals surface area contributed by atoms with Gasteiger partial charge in [-0.15, -0.1) is 0 Å². The smallest absolute Gasteiger partial charge is 0.343 e. The summed E-state index contributed by atoms with van der Waals surface area (Å²) >= 11 is 0. The normalized spacial score (nSPS) is 13.1. The minimum atomic E-state index is -1.25. The second-order valence-corrected chi connectivity index (χ2v) is 9.28. The Morgan fingerprint density at radius 3 is 2.14 bits per heavy atom. The van der Waals surface area contributed by atoms with E-state index in [1.165, 1.54) is 0 Å². The van der Waals surface area contributed by atoms with Gasteiger partial charge in [-0.1, -0.05) is 61.1 Å². The third-order valence-corrected chi connectivity index (χ3v) is 7.76. The SMILES string of the molecule is [CH2-]CC(C)[Si](C)(C)c1ccccc1.[Li+]. The number of hydrogen-bond donors (Lipinski definition) is 0. The van der Waals surface area contributed by atoms with Gasteiger partial charge in [0.1, 0.15) is 0 Å². The molecule has 1 unspecified atom stereocenters. The van der Waals surface area contributed by atoms with E-state index in [1.807, 2.05) is 0 Å². The van der Waals surface area contributed by atoms with Gasteiger partial charge in [0, 0.05) is 0 Å². The zero-order valence-electron chi connectivity index (χ0n) is 9.88. The summed E-state index contributed by atoms with van der Waals surface area (Å²) in [6.07, 6.45) is 1.05. The molecule has 72 valence electrons. The van der Waals surface area contributed by atoms with Crippen LogP contribution in [0.2, 0.25) is 18.6 Å². The van der Waals surface area contributed by atoms with Crippen LogP contribution in [0.25, 0.3) is 0 Å². The first-order valence-corrected chi connectivity index (χ1v) is 8.01. The van der Waals surface area contributed by atoms with Crippen LogP contribution < -0.4 is 24.0 Å². The fourth-order valence-corrected chi connectivity index (χ4v) is 3.86. The predicted octanol–water partition coefficient (Wildman–Crippen LogP) is 0.220. The van der Waals surface area contributed by atoms with E-state index >= 15 is 0 Å². The van der Waals surface area contributed by atoms with Gasteiger partial charge in [0.25, 0.3) is 0 Å². The van der Waals surface area contributed by atoms with E-state index in [0.29, 0.717) is 0 Å². The minimum absolute atomic E-state index is 0. The molecule has 0 aliphatic heterocycles. The van der Waals surface area contributed by atoms with Crippen LogP contribution in [0.1, 0.15) is 13.3 Å². The van der Waals surface area contributed by atoms with Crippen LogP contribution in [-0.4, -0.2) is 8.07 Å². The van der Waals surface area contributed by atoms with Crippen LogP contribution in [-0.2, 0) is 0 Å². The quantitative estimate of drug-likeness (QED) is 0.481. The van der Waals surface area contributed by atoms with Gasteiger partial charge < -0.3 is 6.92 Å². The first-order chi connectivity index (χ1) is 6.09. The van der Waals surface area contributed by atoms with Crippen molar-refractivity contribution in [1.29, 1.82) is 0 Å². The van der Waals surface area contributed by atoms with E-state index in [-0.39, 0.29) is 18.9 Å². The first-order valence-electron chi connectivity index (χ1n) is 4.93. The maximum absolute atomic E-state index is 4.01. The molecule has 0 bridgehead atoms. The molecule has 0 spiro atoms. The summed E-state index contributed by atoms with van der Waals surface area (Å²) in [7, 11) is -1.25. The Labute approximate surface area is 101 Å². The molecule has 1 rings (SSSR count). The van der Waals surface area contributed by atoms with Crippen LogP contribution in [0.3, 0.4) is 0 Å². The molecule has 0 aliphatic carbocycles. The second kappa shape index (κ2) is 5.80. The molecule has 0 fully saturated rings. The average Bonchev–Trinajstić information content (AvgIpc) is 2.18. The summed E-state index contributed by atoms with van der Waals surface area (Å²) in [5, 5.41) is 1.55. The van der Waals surface area contributed by atoms with E-state index in [9.17, 15) is 0 Å².